The van der Waals surface area contributed by atoms with E-state index in [9.17, 15) is 5.26 Å². The number of likely N-dealkylation sites (tertiary alicyclic amines) is 1. The predicted octanol–water partition coefficient (Wildman–Crippen LogP) is 1.77. The largest absolute Gasteiger partial charge is 0.384 e. The molecule has 0 spiro atoms. The molecule has 2 aliphatic rings. The molecule has 0 aromatic heterocycles. The Morgan fingerprint density at radius 3 is 2.84 bits per heavy atom. The summed E-state index contributed by atoms with van der Waals surface area (Å²) in [6.45, 7) is 6.22. The Balaban J connectivity index is 1.75. The highest BCUT2D eigenvalue weighted by molar-refractivity contribution is 5.07. The molecule has 0 radical (unpaired) electrons. The third-order valence-electron chi connectivity index (χ3n) is 4.28. The van der Waals surface area contributed by atoms with Gasteiger partial charge in [0.25, 0.3) is 0 Å². The fourth-order valence-corrected chi connectivity index (χ4v) is 2.95. The number of ether oxygens (including phenoxy) is 1. The molecule has 108 valence electrons. The van der Waals surface area contributed by atoms with E-state index in [2.05, 4.69) is 16.3 Å². The first kappa shape index (κ1) is 14.8. The monoisotopic (exact) mass is 265 g/mol. The van der Waals surface area contributed by atoms with Crippen molar-refractivity contribution >= 4 is 0 Å². The standard InChI is InChI=1S/C15H27N3O/c1-15(12-16,17-14-5-6-14)7-9-18-8-3-4-13(10-18)11-19-2/h13-14,17H,3-11H2,1-2H3. The zero-order chi connectivity index (χ0) is 13.7. The number of methoxy groups -OCH3 is 1. The van der Waals surface area contributed by atoms with Gasteiger partial charge in [-0.15, -0.1) is 0 Å². The van der Waals surface area contributed by atoms with Gasteiger partial charge in [0.05, 0.1) is 12.7 Å². The van der Waals surface area contributed by atoms with Crippen LogP contribution < -0.4 is 5.32 Å². The average molecular weight is 265 g/mol. The van der Waals surface area contributed by atoms with Crippen LogP contribution in [0.3, 0.4) is 0 Å². The molecule has 1 aliphatic heterocycles. The number of nitrogens with one attached hydrogen (secondary N) is 1. The molecule has 0 bridgehead atoms. The second-order valence-corrected chi connectivity index (χ2v) is 6.38. The van der Waals surface area contributed by atoms with Crippen molar-refractivity contribution in [3.05, 3.63) is 0 Å². The Morgan fingerprint density at radius 2 is 2.21 bits per heavy atom. The van der Waals surface area contributed by atoms with E-state index in [1.54, 1.807) is 7.11 Å². The van der Waals surface area contributed by atoms with Crippen molar-refractivity contribution in [3.8, 4) is 6.07 Å². The molecule has 1 N–H and O–H groups in total. The van der Waals surface area contributed by atoms with E-state index in [0.717, 1.165) is 26.1 Å². The summed E-state index contributed by atoms with van der Waals surface area (Å²) in [6.07, 6.45) is 5.92. The Bertz CT molecular complexity index is 322. The van der Waals surface area contributed by atoms with E-state index in [4.69, 9.17) is 4.74 Å². The van der Waals surface area contributed by atoms with Gasteiger partial charge in [0.2, 0.25) is 0 Å². The number of rotatable bonds is 7. The SMILES string of the molecule is COCC1CCCN(CCC(C)(C#N)NC2CC2)C1. The van der Waals surface area contributed by atoms with Gasteiger partial charge in [-0.05, 0) is 51.5 Å². The number of piperidine rings is 1. The van der Waals surface area contributed by atoms with Crippen LogP contribution in [0.4, 0.5) is 0 Å². The number of nitrogens with zero attached hydrogens (tertiary/aromatic N) is 2. The third kappa shape index (κ3) is 4.76. The quantitative estimate of drug-likeness (QED) is 0.762. The lowest BCUT2D eigenvalue weighted by molar-refractivity contribution is 0.0874. The lowest BCUT2D eigenvalue weighted by Gasteiger charge is -2.34. The highest BCUT2D eigenvalue weighted by Gasteiger charge is 2.33. The third-order valence-corrected chi connectivity index (χ3v) is 4.28. The zero-order valence-electron chi connectivity index (χ0n) is 12.3. The van der Waals surface area contributed by atoms with Crippen LogP contribution >= 0.6 is 0 Å². The topological polar surface area (TPSA) is 48.3 Å². The maximum absolute atomic E-state index is 9.38. The minimum absolute atomic E-state index is 0.352. The van der Waals surface area contributed by atoms with Crippen molar-refractivity contribution in [2.75, 3.05) is 33.4 Å². The number of hydrogen-bond acceptors (Lipinski definition) is 4. The van der Waals surface area contributed by atoms with Gasteiger partial charge in [0.15, 0.2) is 0 Å². The number of nitriles is 1. The van der Waals surface area contributed by atoms with Crippen molar-refractivity contribution < 1.29 is 4.74 Å². The van der Waals surface area contributed by atoms with Gasteiger partial charge in [-0.2, -0.15) is 5.26 Å². The van der Waals surface area contributed by atoms with E-state index in [1.165, 1.54) is 32.2 Å². The van der Waals surface area contributed by atoms with Gasteiger partial charge in [-0.25, -0.2) is 0 Å². The second kappa shape index (κ2) is 6.69. The first-order valence-corrected chi connectivity index (χ1v) is 7.55. The molecule has 2 atom stereocenters. The van der Waals surface area contributed by atoms with Gasteiger partial charge >= 0.3 is 0 Å². The van der Waals surface area contributed by atoms with Gasteiger partial charge in [0.1, 0.15) is 5.54 Å². The van der Waals surface area contributed by atoms with Crippen LogP contribution in [0.2, 0.25) is 0 Å². The molecular formula is C15H27N3O. The molecule has 2 fully saturated rings. The lowest BCUT2D eigenvalue weighted by atomic mass is 9.96. The molecule has 0 aromatic carbocycles. The Labute approximate surface area is 117 Å². The minimum Gasteiger partial charge on any atom is -0.384 e. The Morgan fingerprint density at radius 1 is 1.42 bits per heavy atom. The van der Waals surface area contributed by atoms with Crippen LogP contribution in [-0.2, 0) is 4.74 Å². The summed E-state index contributed by atoms with van der Waals surface area (Å²) in [5.41, 5.74) is -0.352. The molecule has 2 unspecified atom stereocenters. The van der Waals surface area contributed by atoms with Crippen molar-refractivity contribution in [2.45, 2.75) is 50.6 Å². The van der Waals surface area contributed by atoms with Crippen LogP contribution in [0.5, 0.6) is 0 Å². The highest BCUT2D eigenvalue weighted by Crippen LogP contribution is 2.24. The molecule has 4 heteroatoms. The van der Waals surface area contributed by atoms with Crippen molar-refractivity contribution in [3.63, 3.8) is 0 Å². The van der Waals surface area contributed by atoms with E-state index >= 15 is 0 Å². The zero-order valence-corrected chi connectivity index (χ0v) is 12.3. The minimum atomic E-state index is -0.352. The second-order valence-electron chi connectivity index (χ2n) is 6.38. The summed E-state index contributed by atoms with van der Waals surface area (Å²) in [6, 6.07) is 3.05. The molecule has 1 heterocycles. The van der Waals surface area contributed by atoms with Crippen LogP contribution in [0.15, 0.2) is 0 Å². The summed E-state index contributed by atoms with van der Waals surface area (Å²) in [4.78, 5) is 2.50. The van der Waals surface area contributed by atoms with Crippen molar-refractivity contribution in [1.29, 1.82) is 5.26 Å². The lowest BCUT2D eigenvalue weighted by Crippen LogP contribution is -2.46. The van der Waals surface area contributed by atoms with Crippen LogP contribution in [0, 0.1) is 17.2 Å². The van der Waals surface area contributed by atoms with Crippen LogP contribution in [0.1, 0.15) is 39.0 Å². The van der Waals surface area contributed by atoms with Gasteiger partial charge < -0.3 is 9.64 Å². The molecular weight excluding hydrogens is 238 g/mol. The summed E-state index contributed by atoms with van der Waals surface area (Å²) in [5, 5.41) is 12.9. The Hall–Kier alpha value is -0.630. The van der Waals surface area contributed by atoms with Crippen molar-refractivity contribution in [1.82, 2.24) is 10.2 Å². The summed E-state index contributed by atoms with van der Waals surface area (Å²) in [5.74, 6) is 0.670. The molecule has 1 aliphatic carbocycles. The van der Waals surface area contributed by atoms with Gasteiger partial charge in [-0.1, -0.05) is 0 Å². The molecule has 4 nitrogen and oxygen atoms in total. The maximum Gasteiger partial charge on any atom is 0.105 e. The summed E-state index contributed by atoms with van der Waals surface area (Å²) < 4.78 is 5.27. The van der Waals surface area contributed by atoms with E-state index in [0.29, 0.717) is 12.0 Å². The fourth-order valence-electron chi connectivity index (χ4n) is 2.95. The smallest absolute Gasteiger partial charge is 0.105 e. The molecule has 0 aromatic rings. The van der Waals surface area contributed by atoms with Crippen LogP contribution in [0.25, 0.3) is 0 Å². The molecule has 19 heavy (non-hydrogen) atoms. The summed E-state index contributed by atoms with van der Waals surface area (Å²) >= 11 is 0. The fraction of sp³-hybridized carbons (Fsp3) is 0.933. The maximum atomic E-state index is 9.38. The molecule has 1 saturated carbocycles. The number of hydrogen-bond donors (Lipinski definition) is 1. The van der Waals surface area contributed by atoms with Crippen molar-refractivity contribution in [2.24, 2.45) is 5.92 Å². The molecule has 1 saturated heterocycles. The average Bonchev–Trinajstić information content (AvgIpc) is 3.21. The first-order chi connectivity index (χ1) is 9.15. The predicted molar refractivity (Wildman–Crippen MR) is 75.8 cm³/mol. The van der Waals surface area contributed by atoms with Gasteiger partial charge in [0, 0.05) is 26.2 Å². The summed E-state index contributed by atoms with van der Waals surface area (Å²) in [7, 11) is 1.78. The van der Waals surface area contributed by atoms with E-state index in [1.807, 2.05) is 6.92 Å². The van der Waals surface area contributed by atoms with E-state index in [-0.39, 0.29) is 5.54 Å². The van der Waals surface area contributed by atoms with Gasteiger partial charge in [-0.3, -0.25) is 5.32 Å². The molecule has 0 amide bonds. The molecule has 2 rings (SSSR count). The van der Waals surface area contributed by atoms with Crippen LogP contribution in [-0.4, -0.2) is 49.8 Å². The normalized spacial score (nSPS) is 27.7. The Kier molecular flexibility index (Phi) is 5.20. The highest BCUT2D eigenvalue weighted by atomic mass is 16.5. The first-order valence-electron chi connectivity index (χ1n) is 7.55. The van der Waals surface area contributed by atoms with E-state index < -0.39 is 0 Å².